The third-order valence-electron chi connectivity index (χ3n) is 3.40. The summed E-state index contributed by atoms with van der Waals surface area (Å²) >= 11 is 0. The summed E-state index contributed by atoms with van der Waals surface area (Å²) in [6.45, 7) is 5.40. The number of rotatable bonds is 7. The molecular formula is C15H22N2O. The highest BCUT2D eigenvalue weighted by molar-refractivity contribution is 5.37. The normalized spacial score (nSPS) is 12.4. The summed E-state index contributed by atoms with van der Waals surface area (Å²) in [6, 6.07) is 9.72. The van der Waals surface area contributed by atoms with Crippen LogP contribution < -0.4 is 5.32 Å². The Morgan fingerprint density at radius 1 is 1.28 bits per heavy atom. The summed E-state index contributed by atoms with van der Waals surface area (Å²) in [5.41, 5.74) is 1.68. The molecule has 0 spiro atoms. The fourth-order valence-electron chi connectivity index (χ4n) is 2.14. The second-order valence-corrected chi connectivity index (χ2v) is 4.54. The fraction of sp³-hybridized carbons (Fsp3) is 0.533. The van der Waals surface area contributed by atoms with E-state index in [4.69, 9.17) is 5.26 Å². The van der Waals surface area contributed by atoms with Gasteiger partial charge in [-0.15, -0.1) is 0 Å². The van der Waals surface area contributed by atoms with Crippen LogP contribution in [-0.4, -0.2) is 17.8 Å². The lowest BCUT2D eigenvalue weighted by Crippen LogP contribution is -2.32. The number of aliphatic hydroxyl groups is 1. The van der Waals surface area contributed by atoms with Gasteiger partial charge in [-0.25, -0.2) is 0 Å². The van der Waals surface area contributed by atoms with Crippen LogP contribution >= 0.6 is 0 Å². The van der Waals surface area contributed by atoms with Crippen LogP contribution in [-0.2, 0) is 6.54 Å². The SMILES string of the molecule is CCC(CC)C(O)CNCc1ccccc1C#N. The molecule has 0 aliphatic rings. The van der Waals surface area contributed by atoms with Crippen LogP contribution in [0.25, 0.3) is 0 Å². The van der Waals surface area contributed by atoms with E-state index < -0.39 is 0 Å². The Labute approximate surface area is 109 Å². The summed E-state index contributed by atoms with van der Waals surface area (Å²) < 4.78 is 0. The summed E-state index contributed by atoms with van der Waals surface area (Å²) in [6.07, 6.45) is 1.68. The Kier molecular flexibility index (Phi) is 6.42. The molecule has 3 nitrogen and oxygen atoms in total. The van der Waals surface area contributed by atoms with E-state index in [0.717, 1.165) is 18.4 Å². The van der Waals surface area contributed by atoms with Gasteiger partial charge in [-0.2, -0.15) is 5.26 Å². The van der Waals surface area contributed by atoms with Crippen LogP contribution in [0, 0.1) is 17.2 Å². The molecule has 0 saturated heterocycles. The predicted molar refractivity (Wildman–Crippen MR) is 72.9 cm³/mol. The van der Waals surface area contributed by atoms with Gasteiger partial charge >= 0.3 is 0 Å². The number of aliphatic hydroxyl groups excluding tert-OH is 1. The number of nitrogens with one attached hydrogen (secondary N) is 1. The fourth-order valence-corrected chi connectivity index (χ4v) is 2.14. The number of nitrogens with zero attached hydrogens (tertiary/aromatic N) is 1. The lowest BCUT2D eigenvalue weighted by molar-refractivity contribution is 0.101. The Bertz CT molecular complexity index is 394. The zero-order valence-corrected chi connectivity index (χ0v) is 11.2. The second kappa shape index (κ2) is 7.86. The maximum absolute atomic E-state index is 9.99. The van der Waals surface area contributed by atoms with Crippen LogP contribution in [0.3, 0.4) is 0 Å². The third kappa shape index (κ3) is 4.14. The van der Waals surface area contributed by atoms with E-state index >= 15 is 0 Å². The molecule has 1 rings (SSSR count). The minimum atomic E-state index is -0.311. The molecule has 18 heavy (non-hydrogen) atoms. The summed E-state index contributed by atoms with van der Waals surface area (Å²) in [5.74, 6) is 0.351. The van der Waals surface area contributed by atoms with E-state index in [0.29, 0.717) is 24.6 Å². The molecule has 0 aliphatic heterocycles. The van der Waals surface area contributed by atoms with Crippen LogP contribution in [0.2, 0.25) is 0 Å². The first kappa shape index (κ1) is 14.7. The molecule has 1 unspecified atom stereocenters. The lowest BCUT2D eigenvalue weighted by Gasteiger charge is -2.20. The van der Waals surface area contributed by atoms with Crippen molar-refractivity contribution in [2.75, 3.05) is 6.54 Å². The quantitative estimate of drug-likeness (QED) is 0.777. The molecule has 0 amide bonds. The van der Waals surface area contributed by atoms with Gasteiger partial charge in [0.25, 0.3) is 0 Å². The molecule has 0 saturated carbocycles. The molecule has 3 heteroatoms. The number of hydrogen-bond acceptors (Lipinski definition) is 3. The van der Waals surface area contributed by atoms with Crippen molar-refractivity contribution in [1.29, 1.82) is 5.26 Å². The molecule has 0 aromatic heterocycles. The minimum Gasteiger partial charge on any atom is -0.392 e. The largest absolute Gasteiger partial charge is 0.392 e. The average Bonchev–Trinajstić information content (AvgIpc) is 2.40. The van der Waals surface area contributed by atoms with Gasteiger partial charge in [0.1, 0.15) is 0 Å². The lowest BCUT2D eigenvalue weighted by atomic mass is 9.96. The number of hydrogen-bond donors (Lipinski definition) is 2. The van der Waals surface area contributed by atoms with Crippen LogP contribution in [0.5, 0.6) is 0 Å². The topological polar surface area (TPSA) is 56.0 Å². The molecule has 0 radical (unpaired) electrons. The maximum Gasteiger partial charge on any atom is 0.0995 e. The standard InChI is InChI=1S/C15H22N2O/c1-3-12(4-2)15(18)11-17-10-14-8-6-5-7-13(14)9-16/h5-8,12,15,17-18H,3-4,10-11H2,1-2H3. The van der Waals surface area contributed by atoms with Crippen molar-refractivity contribution >= 4 is 0 Å². The van der Waals surface area contributed by atoms with Gasteiger partial charge in [-0.3, -0.25) is 0 Å². The van der Waals surface area contributed by atoms with Gasteiger partial charge in [0.15, 0.2) is 0 Å². The summed E-state index contributed by atoms with van der Waals surface area (Å²) in [5, 5.41) is 22.2. The first-order valence-electron chi connectivity index (χ1n) is 6.59. The van der Waals surface area contributed by atoms with Gasteiger partial charge in [0.2, 0.25) is 0 Å². The summed E-state index contributed by atoms with van der Waals surface area (Å²) in [7, 11) is 0. The Morgan fingerprint density at radius 3 is 2.56 bits per heavy atom. The molecule has 2 N–H and O–H groups in total. The maximum atomic E-state index is 9.99. The van der Waals surface area contributed by atoms with Crippen molar-refractivity contribution in [3.63, 3.8) is 0 Å². The van der Waals surface area contributed by atoms with E-state index in [2.05, 4.69) is 25.2 Å². The van der Waals surface area contributed by atoms with Crippen molar-refractivity contribution in [1.82, 2.24) is 5.32 Å². The van der Waals surface area contributed by atoms with E-state index in [-0.39, 0.29) is 6.10 Å². The van der Waals surface area contributed by atoms with Crippen molar-refractivity contribution in [3.8, 4) is 6.07 Å². The average molecular weight is 246 g/mol. The smallest absolute Gasteiger partial charge is 0.0995 e. The molecule has 0 aliphatic carbocycles. The van der Waals surface area contributed by atoms with Crippen LogP contribution in [0.1, 0.15) is 37.8 Å². The highest BCUT2D eigenvalue weighted by Crippen LogP contribution is 2.12. The zero-order chi connectivity index (χ0) is 13.4. The van der Waals surface area contributed by atoms with Crippen molar-refractivity contribution in [3.05, 3.63) is 35.4 Å². The molecule has 1 atom stereocenters. The molecular weight excluding hydrogens is 224 g/mol. The van der Waals surface area contributed by atoms with Gasteiger partial charge in [-0.05, 0) is 17.5 Å². The van der Waals surface area contributed by atoms with Gasteiger partial charge in [0, 0.05) is 13.1 Å². The second-order valence-electron chi connectivity index (χ2n) is 4.54. The molecule has 1 aromatic carbocycles. The monoisotopic (exact) mass is 246 g/mol. The first-order chi connectivity index (χ1) is 8.72. The predicted octanol–water partition coefficient (Wildman–Crippen LogP) is 2.44. The highest BCUT2D eigenvalue weighted by atomic mass is 16.3. The van der Waals surface area contributed by atoms with E-state index in [1.54, 1.807) is 0 Å². The first-order valence-corrected chi connectivity index (χ1v) is 6.59. The number of benzene rings is 1. The Morgan fingerprint density at radius 2 is 1.94 bits per heavy atom. The molecule has 1 aromatic rings. The van der Waals surface area contributed by atoms with E-state index in [9.17, 15) is 5.11 Å². The van der Waals surface area contributed by atoms with E-state index in [1.165, 1.54) is 0 Å². The zero-order valence-electron chi connectivity index (χ0n) is 11.2. The highest BCUT2D eigenvalue weighted by Gasteiger charge is 2.14. The van der Waals surface area contributed by atoms with Crippen LogP contribution in [0.15, 0.2) is 24.3 Å². The molecule has 0 heterocycles. The molecule has 98 valence electrons. The van der Waals surface area contributed by atoms with Crippen molar-refractivity contribution in [2.24, 2.45) is 5.92 Å². The Balaban J connectivity index is 2.44. The molecule has 0 bridgehead atoms. The molecule has 0 fully saturated rings. The Hall–Kier alpha value is -1.37. The summed E-state index contributed by atoms with van der Waals surface area (Å²) in [4.78, 5) is 0. The van der Waals surface area contributed by atoms with Crippen molar-refractivity contribution < 1.29 is 5.11 Å². The van der Waals surface area contributed by atoms with Crippen LogP contribution in [0.4, 0.5) is 0 Å². The van der Waals surface area contributed by atoms with Gasteiger partial charge in [-0.1, -0.05) is 44.9 Å². The minimum absolute atomic E-state index is 0.311. The van der Waals surface area contributed by atoms with Gasteiger partial charge in [0.05, 0.1) is 17.7 Å². The number of nitriles is 1. The third-order valence-corrected chi connectivity index (χ3v) is 3.40. The van der Waals surface area contributed by atoms with Crippen molar-refractivity contribution in [2.45, 2.75) is 39.3 Å². The van der Waals surface area contributed by atoms with Gasteiger partial charge < -0.3 is 10.4 Å². The van der Waals surface area contributed by atoms with E-state index in [1.807, 2.05) is 24.3 Å².